The van der Waals surface area contributed by atoms with Crippen molar-refractivity contribution in [1.82, 2.24) is 9.80 Å². The predicted molar refractivity (Wildman–Crippen MR) is 120 cm³/mol. The first-order chi connectivity index (χ1) is 16.0. The van der Waals surface area contributed by atoms with E-state index in [0.29, 0.717) is 55.9 Å². The largest absolute Gasteiger partial charge is 0.417 e. The van der Waals surface area contributed by atoms with Crippen LogP contribution < -0.4 is 4.90 Å². The minimum atomic E-state index is -4.74. The molecule has 1 fully saturated rings. The van der Waals surface area contributed by atoms with Gasteiger partial charge in [-0.1, -0.05) is 13.8 Å². The first-order valence-corrected chi connectivity index (χ1v) is 11.4. The van der Waals surface area contributed by atoms with Crippen molar-refractivity contribution in [3.63, 3.8) is 0 Å². The molecule has 4 rings (SSSR count). The smallest absolute Gasteiger partial charge is 0.368 e. The number of amides is 2. The molecule has 2 aliphatic rings. The summed E-state index contributed by atoms with van der Waals surface area (Å²) in [6, 6.07) is 7.64. The third-order valence-corrected chi connectivity index (χ3v) is 6.39. The van der Waals surface area contributed by atoms with Gasteiger partial charge >= 0.3 is 6.18 Å². The molecule has 1 saturated heterocycles. The summed E-state index contributed by atoms with van der Waals surface area (Å²) in [6.07, 6.45) is -3.81. The molecule has 34 heavy (non-hydrogen) atoms. The lowest BCUT2D eigenvalue weighted by atomic mass is 10.0. The van der Waals surface area contributed by atoms with Crippen LogP contribution in [0.1, 0.15) is 52.1 Å². The van der Waals surface area contributed by atoms with E-state index in [1.54, 1.807) is 0 Å². The Labute approximate surface area is 195 Å². The van der Waals surface area contributed by atoms with E-state index in [0.717, 1.165) is 17.7 Å². The Morgan fingerprint density at radius 1 is 1.03 bits per heavy atom. The van der Waals surface area contributed by atoms with E-state index in [9.17, 15) is 27.2 Å². The van der Waals surface area contributed by atoms with Gasteiger partial charge in [-0.05, 0) is 54.3 Å². The Bertz CT molecular complexity index is 1090. The second-order valence-corrected chi connectivity index (χ2v) is 9.22. The first kappa shape index (κ1) is 24.0. The molecule has 9 heteroatoms. The lowest BCUT2D eigenvalue weighted by molar-refractivity contribution is -0.138. The van der Waals surface area contributed by atoms with E-state index in [1.807, 2.05) is 28.0 Å². The Morgan fingerprint density at radius 3 is 2.38 bits per heavy atom. The molecule has 0 aromatic heterocycles. The van der Waals surface area contributed by atoms with Crippen molar-refractivity contribution in [2.24, 2.45) is 5.92 Å². The van der Waals surface area contributed by atoms with Crippen molar-refractivity contribution in [3.05, 3.63) is 64.5 Å². The van der Waals surface area contributed by atoms with Gasteiger partial charge in [0.05, 0.1) is 11.1 Å². The number of nitrogens with zero attached hydrogens (tertiary/aromatic N) is 3. The maximum absolute atomic E-state index is 13.6. The third-order valence-electron chi connectivity index (χ3n) is 6.39. The van der Waals surface area contributed by atoms with Crippen molar-refractivity contribution >= 4 is 17.5 Å². The van der Waals surface area contributed by atoms with Crippen LogP contribution in [0.15, 0.2) is 36.4 Å². The highest BCUT2D eigenvalue weighted by Crippen LogP contribution is 2.33. The van der Waals surface area contributed by atoms with Gasteiger partial charge in [-0.15, -0.1) is 0 Å². The molecule has 2 aromatic rings. The fraction of sp³-hybridized carbons (Fsp3) is 0.440. The van der Waals surface area contributed by atoms with Gasteiger partial charge in [0.25, 0.3) is 11.8 Å². The van der Waals surface area contributed by atoms with Crippen molar-refractivity contribution < 1.29 is 27.2 Å². The van der Waals surface area contributed by atoms with E-state index < -0.39 is 29.0 Å². The van der Waals surface area contributed by atoms with E-state index in [4.69, 9.17) is 0 Å². The number of halogens is 4. The predicted octanol–water partition coefficient (Wildman–Crippen LogP) is 4.81. The number of hydrogen-bond donors (Lipinski definition) is 0. The van der Waals surface area contributed by atoms with Crippen LogP contribution in [0, 0.1) is 11.7 Å². The zero-order valence-corrected chi connectivity index (χ0v) is 19.2. The van der Waals surface area contributed by atoms with Crippen LogP contribution in [0.25, 0.3) is 0 Å². The average molecular weight is 478 g/mol. The van der Waals surface area contributed by atoms with E-state index >= 15 is 0 Å². The highest BCUT2D eigenvalue weighted by atomic mass is 19.4. The number of rotatable bonds is 5. The molecule has 0 spiro atoms. The SMILES string of the molecule is CC(C)CCN1Cc2cc(N3CCN(C(=O)c4cc(F)ccc4C(F)(F)F)CC3)ccc2C1=O. The normalized spacial score (nSPS) is 16.4. The van der Waals surface area contributed by atoms with Gasteiger partial charge < -0.3 is 14.7 Å². The summed E-state index contributed by atoms with van der Waals surface area (Å²) in [4.78, 5) is 30.6. The highest BCUT2D eigenvalue weighted by Gasteiger charge is 2.37. The van der Waals surface area contributed by atoms with Crippen LogP contribution in [0.3, 0.4) is 0 Å². The first-order valence-electron chi connectivity index (χ1n) is 11.4. The van der Waals surface area contributed by atoms with Crippen LogP contribution in [0.4, 0.5) is 23.2 Å². The highest BCUT2D eigenvalue weighted by molar-refractivity contribution is 5.99. The van der Waals surface area contributed by atoms with E-state index in [-0.39, 0.29) is 19.0 Å². The fourth-order valence-corrected chi connectivity index (χ4v) is 4.44. The number of carbonyl (C=O) groups excluding carboxylic acids is 2. The van der Waals surface area contributed by atoms with Crippen LogP contribution in [0.5, 0.6) is 0 Å². The summed E-state index contributed by atoms with van der Waals surface area (Å²) >= 11 is 0. The number of benzene rings is 2. The van der Waals surface area contributed by atoms with Gasteiger partial charge in [0.2, 0.25) is 0 Å². The summed E-state index contributed by atoms with van der Waals surface area (Å²) in [5, 5.41) is 0. The van der Waals surface area contributed by atoms with Gasteiger partial charge in [-0.2, -0.15) is 13.2 Å². The molecule has 0 aliphatic carbocycles. The lowest BCUT2D eigenvalue weighted by Gasteiger charge is -2.36. The maximum Gasteiger partial charge on any atom is 0.417 e. The van der Waals surface area contributed by atoms with Crippen LogP contribution >= 0.6 is 0 Å². The minimum Gasteiger partial charge on any atom is -0.368 e. The van der Waals surface area contributed by atoms with Gasteiger partial charge in [0.1, 0.15) is 5.82 Å². The summed E-state index contributed by atoms with van der Waals surface area (Å²) in [6.45, 7) is 6.78. The maximum atomic E-state index is 13.6. The Kier molecular flexibility index (Phi) is 6.55. The average Bonchev–Trinajstić information content (AvgIpc) is 3.11. The summed E-state index contributed by atoms with van der Waals surface area (Å²) in [5.74, 6) is -1.17. The Morgan fingerprint density at radius 2 is 1.74 bits per heavy atom. The van der Waals surface area contributed by atoms with Crippen molar-refractivity contribution in [2.75, 3.05) is 37.6 Å². The quantitative estimate of drug-likeness (QED) is 0.581. The number of anilines is 1. The van der Waals surface area contributed by atoms with Crippen molar-refractivity contribution in [2.45, 2.75) is 33.0 Å². The monoisotopic (exact) mass is 477 g/mol. The van der Waals surface area contributed by atoms with E-state index in [2.05, 4.69) is 13.8 Å². The molecule has 5 nitrogen and oxygen atoms in total. The topological polar surface area (TPSA) is 43.9 Å². The van der Waals surface area contributed by atoms with Gasteiger partial charge in [-0.3, -0.25) is 9.59 Å². The Balaban J connectivity index is 1.43. The van der Waals surface area contributed by atoms with E-state index in [1.165, 1.54) is 4.90 Å². The van der Waals surface area contributed by atoms with Crippen molar-refractivity contribution in [3.8, 4) is 0 Å². The van der Waals surface area contributed by atoms with Crippen LogP contribution in [0.2, 0.25) is 0 Å². The molecule has 0 bridgehead atoms. The van der Waals surface area contributed by atoms with Gasteiger partial charge in [-0.25, -0.2) is 4.39 Å². The molecule has 2 aromatic carbocycles. The van der Waals surface area contributed by atoms with Gasteiger partial charge in [0.15, 0.2) is 0 Å². The minimum absolute atomic E-state index is 0.0354. The molecular formula is C25H27F4N3O2. The number of carbonyl (C=O) groups is 2. The molecule has 0 N–H and O–H groups in total. The molecular weight excluding hydrogens is 450 g/mol. The standard InChI is InChI=1S/C25H27F4N3O2/c1-16(2)7-8-32-15-17-13-19(4-5-20(17)23(32)33)30-9-11-31(12-10-30)24(34)21-14-18(26)3-6-22(21)25(27,28)29/h3-6,13-14,16H,7-12,15H2,1-2H3. The lowest BCUT2D eigenvalue weighted by Crippen LogP contribution is -2.49. The number of piperazine rings is 1. The third kappa shape index (κ3) is 4.88. The molecule has 0 unspecified atom stereocenters. The number of hydrogen-bond acceptors (Lipinski definition) is 3. The zero-order valence-electron chi connectivity index (χ0n) is 19.2. The Hall–Kier alpha value is -3.10. The molecule has 2 aliphatic heterocycles. The molecule has 0 atom stereocenters. The summed E-state index contributed by atoms with van der Waals surface area (Å²) < 4.78 is 53.6. The van der Waals surface area contributed by atoms with Gasteiger partial charge in [0, 0.05) is 50.5 Å². The number of fused-ring (bicyclic) bond motifs is 1. The van der Waals surface area contributed by atoms with Crippen molar-refractivity contribution in [1.29, 1.82) is 0 Å². The molecule has 0 radical (unpaired) electrons. The summed E-state index contributed by atoms with van der Waals surface area (Å²) in [7, 11) is 0. The number of alkyl halides is 3. The second kappa shape index (κ2) is 9.27. The van der Waals surface area contributed by atoms with Crippen LogP contribution in [-0.2, 0) is 12.7 Å². The summed E-state index contributed by atoms with van der Waals surface area (Å²) in [5.41, 5.74) is 0.766. The van der Waals surface area contributed by atoms with Crippen LogP contribution in [-0.4, -0.2) is 54.3 Å². The fourth-order valence-electron chi connectivity index (χ4n) is 4.44. The molecule has 182 valence electrons. The molecule has 2 amide bonds. The molecule has 2 heterocycles. The zero-order chi connectivity index (χ0) is 24.6. The second-order valence-electron chi connectivity index (χ2n) is 9.22. The molecule has 0 saturated carbocycles.